The van der Waals surface area contributed by atoms with E-state index in [0.717, 1.165) is 45.2 Å². The predicted octanol–water partition coefficient (Wildman–Crippen LogP) is -0.148. The monoisotopic (exact) mass is 456 g/mol. The van der Waals surface area contributed by atoms with E-state index < -0.39 is 30.1 Å². The molecule has 0 aromatic rings. The van der Waals surface area contributed by atoms with E-state index in [4.69, 9.17) is 9.57 Å². The zero-order valence-corrected chi connectivity index (χ0v) is 18.6. The lowest BCUT2D eigenvalue weighted by Crippen LogP contribution is -2.50. The molecule has 0 bridgehead atoms. The van der Waals surface area contributed by atoms with Crippen LogP contribution in [0, 0.1) is 0 Å². The molecule has 0 aliphatic carbocycles. The van der Waals surface area contributed by atoms with Crippen molar-refractivity contribution in [3.8, 4) is 0 Å². The van der Waals surface area contributed by atoms with E-state index in [-0.39, 0.29) is 25.5 Å². The first-order valence-electron chi connectivity index (χ1n) is 11.3. The minimum absolute atomic E-state index is 0.00733. The average molecular weight is 457 g/mol. The van der Waals surface area contributed by atoms with E-state index in [1.165, 1.54) is 0 Å². The summed E-state index contributed by atoms with van der Waals surface area (Å²) in [5.74, 6) is -1.68. The van der Waals surface area contributed by atoms with Crippen molar-refractivity contribution in [2.45, 2.75) is 76.3 Å². The van der Waals surface area contributed by atoms with Crippen LogP contribution >= 0.6 is 0 Å². The molecule has 2 heterocycles. The van der Waals surface area contributed by atoms with Gasteiger partial charge >= 0.3 is 12.1 Å². The molecule has 12 nitrogen and oxygen atoms in total. The fourth-order valence-corrected chi connectivity index (χ4v) is 3.28. The third kappa shape index (κ3) is 9.90. The zero-order valence-electron chi connectivity index (χ0n) is 18.6. The number of ether oxygens (including phenoxy) is 1. The largest absolute Gasteiger partial charge is 0.480 e. The molecule has 0 saturated carbocycles. The first-order valence-corrected chi connectivity index (χ1v) is 11.3. The molecule has 0 aromatic carbocycles. The Hall–Kier alpha value is -2.28. The molecular formula is C20H36N6O6. The summed E-state index contributed by atoms with van der Waals surface area (Å²) in [4.78, 5) is 45.0. The normalized spacial score (nSPS) is 23.5. The van der Waals surface area contributed by atoms with Crippen molar-refractivity contribution >= 4 is 24.2 Å². The van der Waals surface area contributed by atoms with Gasteiger partial charge in [0, 0.05) is 31.8 Å². The van der Waals surface area contributed by atoms with Crippen LogP contribution in [-0.2, 0) is 19.2 Å². The van der Waals surface area contributed by atoms with Crippen LogP contribution in [0.5, 0.6) is 0 Å². The number of rotatable bonds is 14. The lowest BCUT2D eigenvalue weighted by Gasteiger charge is -2.19. The first-order chi connectivity index (χ1) is 15.5. The standard InChI is InChI=1S/C20H36N6O6/c1-2-3-11-31-20(30)25-15(18(28)29)13-24-17(27)16-12-14(26-32-16)7-4-5-8-21-19-22-9-6-10-23-19/h9,14-16,19,21,23,26H,2-8,10-13H2,1H3,(H,24,27)(H,25,30)(H,28,29). The predicted molar refractivity (Wildman–Crippen MR) is 117 cm³/mol. The number of hydrogen-bond donors (Lipinski definition) is 6. The second-order valence-corrected chi connectivity index (χ2v) is 7.85. The molecule has 182 valence electrons. The summed E-state index contributed by atoms with van der Waals surface area (Å²) < 4.78 is 4.90. The molecule has 2 aliphatic rings. The molecule has 4 atom stereocenters. The number of nitrogens with one attached hydrogen (secondary N) is 5. The number of hydroxylamine groups is 1. The molecule has 0 radical (unpaired) electrons. The van der Waals surface area contributed by atoms with Crippen molar-refractivity contribution in [1.29, 1.82) is 0 Å². The number of nitrogens with zero attached hydrogens (tertiary/aromatic N) is 1. The highest BCUT2D eigenvalue weighted by atomic mass is 16.7. The van der Waals surface area contributed by atoms with Crippen LogP contribution in [0.15, 0.2) is 4.99 Å². The summed E-state index contributed by atoms with van der Waals surface area (Å²) in [7, 11) is 0. The van der Waals surface area contributed by atoms with Gasteiger partial charge in [0.15, 0.2) is 12.4 Å². The average Bonchev–Trinajstić information content (AvgIpc) is 3.26. The highest BCUT2D eigenvalue weighted by Gasteiger charge is 2.31. The van der Waals surface area contributed by atoms with E-state index in [2.05, 4.69) is 31.7 Å². The maximum Gasteiger partial charge on any atom is 0.407 e. The van der Waals surface area contributed by atoms with Gasteiger partial charge in [0.05, 0.1) is 6.61 Å². The molecular weight excluding hydrogens is 420 g/mol. The van der Waals surface area contributed by atoms with Gasteiger partial charge in [-0.1, -0.05) is 19.8 Å². The van der Waals surface area contributed by atoms with Gasteiger partial charge in [0.1, 0.15) is 6.04 Å². The van der Waals surface area contributed by atoms with E-state index in [9.17, 15) is 19.5 Å². The minimum Gasteiger partial charge on any atom is -0.480 e. The Labute approximate surface area is 188 Å². The fraction of sp³-hybridized carbons (Fsp3) is 0.800. The van der Waals surface area contributed by atoms with Gasteiger partial charge in [-0.15, -0.1) is 0 Å². The van der Waals surface area contributed by atoms with E-state index in [1.807, 2.05) is 13.1 Å². The van der Waals surface area contributed by atoms with Gasteiger partial charge in [-0.05, 0) is 32.2 Å². The fourth-order valence-electron chi connectivity index (χ4n) is 3.28. The summed E-state index contributed by atoms with van der Waals surface area (Å²) >= 11 is 0. The Bertz CT molecular complexity index is 634. The van der Waals surface area contributed by atoms with Crippen LogP contribution in [0.2, 0.25) is 0 Å². The van der Waals surface area contributed by atoms with Crippen LogP contribution < -0.4 is 26.7 Å². The van der Waals surface area contributed by atoms with E-state index in [1.54, 1.807) is 0 Å². The van der Waals surface area contributed by atoms with Crippen molar-refractivity contribution < 1.29 is 29.1 Å². The number of carboxylic acids is 1. The minimum atomic E-state index is -1.28. The maximum atomic E-state index is 12.3. The molecule has 0 aromatic heterocycles. The molecule has 1 fully saturated rings. The number of hydrogen-bond acceptors (Lipinski definition) is 9. The molecule has 1 saturated heterocycles. The Morgan fingerprint density at radius 3 is 2.88 bits per heavy atom. The number of unbranched alkanes of at least 4 members (excludes halogenated alkanes) is 2. The number of aliphatic imine (C=N–C) groups is 1. The van der Waals surface area contributed by atoms with Crippen LogP contribution in [0.1, 0.15) is 51.9 Å². The van der Waals surface area contributed by atoms with Gasteiger partial charge < -0.3 is 20.5 Å². The number of carbonyl (C=O) groups excluding carboxylic acids is 2. The summed E-state index contributed by atoms with van der Waals surface area (Å²) in [5, 5.41) is 20.6. The van der Waals surface area contributed by atoms with Gasteiger partial charge in [-0.2, -0.15) is 5.48 Å². The van der Waals surface area contributed by atoms with Gasteiger partial charge in [0.25, 0.3) is 5.91 Å². The topological polar surface area (TPSA) is 162 Å². The Morgan fingerprint density at radius 2 is 2.16 bits per heavy atom. The highest BCUT2D eigenvalue weighted by molar-refractivity contribution is 5.83. The van der Waals surface area contributed by atoms with Crippen LogP contribution in [0.4, 0.5) is 4.79 Å². The first kappa shape index (κ1) is 26.0. The van der Waals surface area contributed by atoms with Crippen molar-refractivity contribution in [2.24, 2.45) is 4.99 Å². The summed E-state index contributed by atoms with van der Waals surface area (Å²) in [6, 6.07) is -1.23. The number of carboxylic acid groups (broad SMARTS) is 1. The highest BCUT2D eigenvalue weighted by Crippen LogP contribution is 2.16. The van der Waals surface area contributed by atoms with Crippen molar-refractivity contribution in [1.82, 2.24) is 26.7 Å². The second-order valence-electron chi connectivity index (χ2n) is 7.85. The number of aliphatic carboxylic acids is 1. The van der Waals surface area contributed by atoms with E-state index >= 15 is 0 Å². The van der Waals surface area contributed by atoms with Crippen molar-refractivity contribution in [3.05, 3.63) is 0 Å². The molecule has 2 aliphatic heterocycles. The molecule has 12 heteroatoms. The molecule has 32 heavy (non-hydrogen) atoms. The summed E-state index contributed by atoms with van der Waals surface area (Å²) in [6.45, 7) is 3.68. The SMILES string of the molecule is CCCCOC(=O)NC(CNC(=O)C1CC(CCCCNC2N=CCCN2)NO1)C(=O)O. The van der Waals surface area contributed by atoms with Crippen LogP contribution in [-0.4, -0.2) is 80.0 Å². The second kappa shape index (κ2) is 14.7. The lowest BCUT2D eigenvalue weighted by molar-refractivity contribution is -0.139. The van der Waals surface area contributed by atoms with Crippen LogP contribution in [0.3, 0.4) is 0 Å². The van der Waals surface area contributed by atoms with E-state index in [0.29, 0.717) is 12.8 Å². The molecule has 4 unspecified atom stereocenters. The Balaban J connectivity index is 1.59. The van der Waals surface area contributed by atoms with Gasteiger partial charge in [0.2, 0.25) is 0 Å². The Kier molecular flexibility index (Phi) is 11.9. The molecule has 6 N–H and O–H groups in total. The van der Waals surface area contributed by atoms with Crippen LogP contribution in [0.25, 0.3) is 0 Å². The Morgan fingerprint density at radius 1 is 1.31 bits per heavy atom. The third-order valence-corrected chi connectivity index (χ3v) is 5.15. The van der Waals surface area contributed by atoms with Crippen molar-refractivity contribution in [3.63, 3.8) is 0 Å². The molecule has 0 spiro atoms. The quantitative estimate of drug-likeness (QED) is 0.195. The zero-order chi connectivity index (χ0) is 23.2. The lowest BCUT2D eigenvalue weighted by atomic mass is 10.0. The summed E-state index contributed by atoms with van der Waals surface area (Å²) in [6.07, 6.45) is 6.19. The smallest absolute Gasteiger partial charge is 0.407 e. The number of carbonyl (C=O) groups is 3. The molecule has 2 rings (SSSR count). The summed E-state index contributed by atoms with van der Waals surface area (Å²) in [5.41, 5.74) is 2.88. The number of alkyl carbamates (subject to hydrolysis) is 1. The third-order valence-electron chi connectivity index (χ3n) is 5.15. The van der Waals surface area contributed by atoms with Gasteiger partial charge in [-0.3, -0.25) is 25.3 Å². The molecule has 2 amide bonds. The van der Waals surface area contributed by atoms with Gasteiger partial charge in [-0.25, -0.2) is 9.59 Å². The maximum absolute atomic E-state index is 12.3. The van der Waals surface area contributed by atoms with Crippen molar-refractivity contribution in [2.75, 3.05) is 26.2 Å². The number of amides is 2.